The molecule has 204 valence electrons. The topological polar surface area (TPSA) is 35.5 Å². The zero-order chi connectivity index (χ0) is 28.9. The molecule has 0 amide bonds. The normalized spacial score (nSPS) is 8.89. The van der Waals surface area contributed by atoms with Crippen molar-refractivity contribution in [1.82, 2.24) is 0 Å². The second-order valence-electron chi connectivity index (χ2n) is 7.07. The van der Waals surface area contributed by atoms with Crippen LogP contribution in [-0.4, -0.2) is 12.9 Å². The highest BCUT2D eigenvalue weighted by Gasteiger charge is 2.09. The number of ketones is 1. The highest BCUT2D eigenvalue weighted by Crippen LogP contribution is 2.27. The summed E-state index contributed by atoms with van der Waals surface area (Å²) in [6.45, 7) is 18.1. The van der Waals surface area contributed by atoms with E-state index < -0.39 is 0 Å². The highest BCUT2D eigenvalue weighted by molar-refractivity contribution is 6.09. The summed E-state index contributed by atoms with van der Waals surface area (Å²) in [5.74, 6) is 2.12. The number of rotatable bonds is 6. The summed E-state index contributed by atoms with van der Waals surface area (Å²) in [5, 5.41) is 0. The van der Waals surface area contributed by atoms with E-state index in [1.807, 2.05) is 91.8 Å². The van der Waals surface area contributed by atoms with Gasteiger partial charge >= 0.3 is 0 Å². The molecule has 38 heavy (non-hydrogen) atoms. The monoisotopic (exact) mass is 514 g/mol. The second-order valence-corrected chi connectivity index (χ2v) is 7.07. The Morgan fingerprint density at radius 2 is 0.789 bits per heavy atom. The molecule has 0 aliphatic carbocycles. The van der Waals surface area contributed by atoms with Crippen LogP contribution in [0.1, 0.15) is 76.9 Å². The molecule has 0 aliphatic heterocycles. The fourth-order valence-corrected chi connectivity index (χ4v) is 3.18. The molecule has 0 unspecified atom stereocenters. The van der Waals surface area contributed by atoms with Crippen molar-refractivity contribution in [3.8, 4) is 28.4 Å². The Labute approximate surface area is 231 Å². The maximum absolute atomic E-state index is 12.6. The first-order valence-corrected chi connectivity index (χ1v) is 13.8. The zero-order valence-electron chi connectivity index (χ0n) is 25.0. The average Bonchev–Trinajstić information content (AvgIpc) is 3.02. The summed E-state index contributed by atoms with van der Waals surface area (Å²) in [5.41, 5.74) is 4.79. The minimum absolute atomic E-state index is 0.0355. The lowest BCUT2D eigenvalue weighted by molar-refractivity contribution is 0.103. The summed E-state index contributed by atoms with van der Waals surface area (Å²) in [6, 6.07) is 30.7. The molecule has 0 saturated carbocycles. The van der Waals surface area contributed by atoms with E-state index in [1.165, 1.54) is 11.1 Å². The lowest BCUT2D eigenvalue weighted by Crippen LogP contribution is -2.01. The van der Waals surface area contributed by atoms with Gasteiger partial charge in [0.1, 0.15) is 17.2 Å². The maximum Gasteiger partial charge on any atom is 0.193 e. The first kappa shape index (κ1) is 34.1. The Hall–Kier alpha value is -3.85. The molecular weight excluding hydrogens is 468 g/mol. The fraction of sp³-hybridized carbons (Fsp3) is 0.286. The minimum atomic E-state index is -0.0355. The van der Waals surface area contributed by atoms with E-state index in [-0.39, 0.29) is 5.78 Å². The minimum Gasteiger partial charge on any atom is -0.497 e. The highest BCUT2D eigenvalue weighted by atomic mass is 16.5. The third-order valence-electron chi connectivity index (χ3n) is 4.94. The molecule has 0 radical (unpaired) electrons. The zero-order valence-corrected chi connectivity index (χ0v) is 25.0. The van der Waals surface area contributed by atoms with Crippen LogP contribution in [0.5, 0.6) is 17.2 Å². The predicted octanol–water partition coefficient (Wildman–Crippen LogP) is 10.8. The van der Waals surface area contributed by atoms with Crippen LogP contribution in [0.3, 0.4) is 0 Å². The summed E-state index contributed by atoms with van der Waals surface area (Å²) in [6.07, 6.45) is 0. The standard InChI is InChI=1S/C27H22O3.4C2H6/c1-19-3-5-20(6-4-19)21-7-15-25(16-8-21)30-26-17-11-23(12-18-26)27(28)22-9-13-24(29-2)14-10-22;4*1-2/h3-18H,1-2H3;4*1-2H3. The molecule has 0 aromatic heterocycles. The summed E-state index contributed by atoms with van der Waals surface area (Å²) in [4.78, 5) is 12.6. The van der Waals surface area contributed by atoms with Crippen molar-refractivity contribution in [3.63, 3.8) is 0 Å². The number of hydrogen-bond donors (Lipinski definition) is 0. The summed E-state index contributed by atoms with van der Waals surface area (Å²) >= 11 is 0. The average molecular weight is 515 g/mol. The molecule has 0 heterocycles. The smallest absolute Gasteiger partial charge is 0.193 e. The Balaban J connectivity index is 0.00000157. The van der Waals surface area contributed by atoms with Gasteiger partial charge in [-0.25, -0.2) is 0 Å². The summed E-state index contributed by atoms with van der Waals surface area (Å²) in [7, 11) is 1.60. The van der Waals surface area contributed by atoms with E-state index in [4.69, 9.17) is 9.47 Å². The lowest BCUT2D eigenvalue weighted by Gasteiger charge is -2.08. The molecular formula is C35H46O3. The number of carbonyl (C=O) groups excluding carboxylic acids is 1. The number of methoxy groups -OCH3 is 1. The van der Waals surface area contributed by atoms with E-state index in [0.29, 0.717) is 16.9 Å². The largest absolute Gasteiger partial charge is 0.497 e. The van der Waals surface area contributed by atoms with Gasteiger partial charge in [0.05, 0.1) is 7.11 Å². The molecule has 3 nitrogen and oxygen atoms in total. The van der Waals surface area contributed by atoms with Gasteiger partial charge in [-0.1, -0.05) is 97.4 Å². The van der Waals surface area contributed by atoms with Gasteiger partial charge in [-0.2, -0.15) is 0 Å². The number of ether oxygens (including phenoxy) is 2. The van der Waals surface area contributed by atoms with Gasteiger partial charge in [0.25, 0.3) is 0 Å². The molecule has 0 bridgehead atoms. The van der Waals surface area contributed by atoms with Crippen molar-refractivity contribution in [1.29, 1.82) is 0 Å². The van der Waals surface area contributed by atoms with Crippen LogP contribution in [0.4, 0.5) is 0 Å². The number of hydrogen-bond acceptors (Lipinski definition) is 3. The van der Waals surface area contributed by atoms with Crippen molar-refractivity contribution >= 4 is 5.78 Å². The number of benzene rings is 4. The van der Waals surface area contributed by atoms with Gasteiger partial charge in [-0.15, -0.1) is 0 Å². The van der Waals surface area contributed by atoms with Crippen molar-refractivity contribution < 1.29 is 14.3 Å². The van der Waals surface area contributed by atoms with Crippen LogP contribution < -0.4 is 9.47 Å². The predicted molar refractivity (Wildman–Crippen MR) is 165 cm³/mol. The molecule has 0 fully saturated rings. The number of aryl methyl sites for hydroxylation is 1. The van der Waals surface area contributed by atoms with Crippen molar-refractivity contribution in [2.24, 2.45) is 0 Å². The SMILES string of the molecule is CC.CC.CC.CC.COc1ccc(C(=O)c2ccc(Oc3ccc(-c4ccc(C)cc4)cc3)cc2)cc1. The molecule has 4 rings (SSSR count). The molecule has 0 saturated heterocycles. The van der Waals surface area contributed by atoms with Crippen molar-refractivity contribution in [3.05, 3.63) is 114 Å². The number of carbonyl (C=O) groups is 1. The van der Waals surface area contributed by atoms with Gasteiger partial charge in [-0.3, -0.25) is 4.79 Å². The van der Waals surface area contributed by atoms with E-state index in [2.05, 4.69) is 31.2 Å². The Morgan fingerprint density at radius 1 is 0.474 bits per heavy atom. The molecule has 0 N–H and O–H groups in total. The van der Waals surface area contributed by atoms with Gasteiger partial charge in [-0.05, 0) is 78.7 Å². The fourth-order valence-electron chi connectivity index (χ4n) is 3.18. The first-order chi connectivity index (χ1) is 18.6. The van der Waals surface area contributed by atoms with Crippen molar-refractivity contribution in [2.75, 3.05) is 7.11 Å². The molecule has 0 atom stereocenters. The van der Waals surface area contributed by atoms with Crippen LogP contribution in [0.15, 0.2) is 97.1 Å². The van der Waals surface area contributed by atoms with Crippen molar-refractivity contribution in [2.45, 2.75) is 62.3 Å². The Morgan fingerprint density at radius 3 is 1.16 bits per heavy atom. The van der Waals surface area contributed by atoms with E-state index >= 15 is 0 Å². The van der Waals surface area contributed by atoms with Gasteiger partial charge in [0.2, 0.25) is 0 Å². The quantitative estimate of drug-likeness (QED) is 0.240. The van der Waals surface area contributed by atoms with E-state index in [9.17, 15) is 4.79 Å². The van der Waals surface area contributed by atoms with Gasteiger partial charge in [0, 0.05) is 11.1 Å². The summed E-state index contributed by atoms with van der Waals surface area (Å²) < 4.78 is 11.1. The van der Waals surface area contributed by atoms with Crippen LogP contribution in [-0.2, 0) is 0 Å². The van der Waals surface area contributed by atoms with E-state index in [0.717, 1.165) is 17.1 Å². The maximum atomic E-state index is 12.6. The molecule has 4 aromatic carbocycles. The first-order valence-electron chi connectivity index (χ1n) is 13.8. The molecule has 0 aliphatic rings. The molecule has 4 aromatic rings. The van der Waals surface area contributed by atoms with Gasteiger partial charge < -0.3 is 9.47 Å². The second kappa shape index (κ2) is 20.2. The molecule has 3 heteroatoms. The van der Waals surface area contributed by atoms with Crippen LogP contribution in [0.2, 0.25) is 0 Å². The Kier molecular flexibility index (Phi) is 18.2. The van der Waals surface area contributed by atoms with Crippen LogP contribution in [0, 0.1) is 6.92 Å². The van der Waals surface area contributed by atoms with Crippen LogP contribution in [0.25, 0.3) is 11.1 Å². The van der Waals surface area contributed by atoms with Crippen LogP contribution >= 0.6 is 0 Å². The third-order valence-corrected chi connectivity index (χ3v) is 4.94. The third kappa shape index (κ3) is 10.6. The molecule has 0 spiro atoms. The lowest BCUT2D eigenvalue weighted by atomic mass is 10.0. The van der Waals surface area contributed by atoms with E-state index in [1.54, 1.807) is 43.5 Å². The van der Waals surface area contributed by atoms with Gasteiger partial charge in [0.15, 0.2) is 5.78 Å². The Bertz CT molecular complexity index is 1130.